The van der Waals surface area contributed by atoms with Crippen molar-refractivity contribution >= 4 is 33.1 Å². The van der Waals surface area contributed by atoms with Gasteiger partial charge in [-0.05, 0) is 32.2 Å². The Labute approximate surface area is 115 Å². The molecule has 1 N–H and O–H groups in total. The summed E-state index contributed by atoms with van der Waals surface area (Å²) in [5.41, 5.74) is 0.907. The molecule has 3 heterocycles. The Bertz CT molecular complexity index is 707. The summed E-state index contributed by atoms with van der Waals surface area (Å²) < 4.78 is 1.93. The van der Waals surface area contributed by atoms with Gasteiger partial charge < -0.3 is 5.32 Å². The molecule has 0 saturated heterocycles. The van der Waals surface area contributed by atoms with E-state index in [1.165, 1.54) is 0 Å². The van der Waals surface area contributed by atoms with Crippen LogP contribution in [-0.4, -0.2) is 19.7 Å². The fourth-order valence-electron chi connectivity index (χ4n) is 1.78. The van der Waals surface area contributed by atoms with Crippen molar-refractivity contribution in [3.63, 3.8) is 0 Å². The monoisotopic (exact) mass is 273 g/mol. The number of thiophene rings is 1. The first-order chi connectivity index (χ1) is 9.04. The Kier molecular flexibility index (Phi) is 2.74. The van der Waals surface area contributed by atoms with Gasteiger partial charge in [-0.15, -0.1) is 11.3 Å². The van der Waals surface area contributed by atoms with Gasteiger partial charge in [0.15, 0.2) is 0 Å². The summed E-state index contributed by atoms with van der Waals surface area (Å²) in [5, 5.41) is 10.7. The predicted octanol–water partition coefficient (Wildman–Crippen LogP) is 3.39. The molecule has 3 aromatic heterocycles. The molecule has 0 radical (unpaired) electrons. The van der Waals surface area contributed by atoms with E-state index < -0.39 is 0 Å². The number of nitrogens with one attached hydrogen (secondary N) is 1. The molecule has 6 heteroatoms. The number of hydrogen-bond donors (Lipinski definition) is 1. The number of hydrogen-bond acceptors (Lipinski definition) is 5. The van der Waals surface area contributed by atoms with Gasteiger partial charge in [0.25, 0.3) is 0 Å². The maximum atomic E-state index is 4.36. The van der Waals surface area contributed by atoms with Crippen molar-refractivity contribution in [2.24, 2.45) is 0 Å². The average Bonchev–Trinajstić information content (AvgIpc) is 2.96. The first kappa shape index (κ1) is 12.1. The maximum Gasteiger partial charge on any atom is 0.142 e. The van der Waals surface area contributed by atoms with Crippen molar-refractivity contribution in [3.05, 3.63) is 30.2 Å². The summed E-state index contributed by atoms with van der Waals surface area (Å²) in [5.74, 6) is 0.819. The average molecular weight is 273 g/mol. The summed E-state index contributed by atoms with van der Waals surface area (Å²) in [6, 6.07) is 2.02. The zero-order valence-corrected chi connectivity index (χ0v) is 11.9. The van der Waals surface area contributed by atoms with Gasteiger partial charge in [0.2, 0.25) is 0 Å². The van der Waals surface area contributed by atoms with Crippen LogP contribution in [0.1, 0.15) is 20.8 Å². The molecule has 0 saturated carbocycles. The van der Waals surface area contributed by atoms with Crippen molar-refractivity contribution in [2.75, 3.05) is 5.32 Å². The topological polar surface area (TPSA) is 55.6 Å². The lowest BCUT2D eigenvalue weighted by molar-refractivity contribution is 0.355. The van der Waals surface area contributed by atoms with E-state index in [1.807, 2.05) is 28.5 Å². The smallest absolute Gasteiger partial charge is 0.142 e. The van der Waals surface area contributed by atoms with Crippen LogP contribution in [0.2, 0.25) is 0 Å². The lowest BCUT2D eigenvalue weighted by atomic mass is 10.1. The van der Waals surface area contributed by atoms with Crippen LogP contribution < -0.4 is 5.32 Å². The molecular weight excluding hydrogens is 258 g/mol. The van der Waals surface area contributed by atoms with E-state index in [0.29, 0.717) is 0 Å². The van der Waals surface area contributed by atoms with Gasteiger partial charge in [0.05, 0.1) is 22.8 Å². The van der Waals surface area contributed by atoms with Crippen molar-refractivity contribution in [1.29, 1.82) is 0 Å². The van der Waals surface area contributed by atoms with Crippen LogP contribution in [0.25, 0.3) is 10.2 Å². The van der Waals surface area contributed by atoms with Crippen LogP contribution in [0.5, 0.6) is 0 Å². The zero-order valence-electron chi connectivity index (χ0n) is 11.1. The van der Waals surface area contributed by atoms with Crippen LogP contribution in [-0.2, 0) is 5.54 Å². The molecular formula is C13H15N5S. The Morgan fingerprint density at radius 3 is 2.84 bits per heavy atom. The molecule has 0 bridgehead atoms. The van der Waals surface area contributed by atoms with E-state index in [2.05, 4.69) is 41.2 Å². The van der Waals surface area contributed by atoms with Crippen molar-refractivity contribution in [2.45, 2.75) is 26.3 Å². The summed E-state index contributed by atoms with van der Waals surface area (Å²) in [4.78, 5) is 9.51. The molecule has 0 aliphatic carbocycles. The second kappa shape index (κ2) is 4.31. The van der Waals surface area contributed by atoms with Gasteiger partial charge in [-0.2, -0.15) is 5.10 Å². The molecule has 0 amide bonds. The van der Waals surface area contributed by atoms with Crippen LogP contribution in [0.15, 0.2) is 30.2 Å². The fourth-order valence-corrected chi connectivity index (χ4v) is 2.51. The Morgan fingerprint density at radius 1 is 1.26 bits per heavy atom. The summed E-state index contributed by atoms with van der Waals surface area (Å²) in [6.07, 6.45) is 5.38. The van der Waals surface area contributed by atoms with Crippen LogP contribution in [0.3, 0.4) is 0 Å². The van der Waals surface area contributed by atoms with E-state index in [-0.39, 0.29) is 5.54 Å². The highest BCUT2D eigenvalue weighted by atomic mass is 32.1. The Balaban J connectivity index is 1.93. The van der Waals surface area contributed by atoms with Gasteiger partial charge in [0.1, 0.15) is 17.0 Å². The quantitative estimate of drug-likeness (QED) is 0.777. The highest BCUT2D eigenvalue weighted by Gasteiger charge is 2.14. The third kappa shape index (κ3) is 2.31. The molecule has 0 unspecified atom stereocenters. The Hall–Kier alpha value is -1.95. The summed E-state index contributed by atoms with van der Waals surface area (Å²) in [7, 11) is 0. The number of anilines is 2. The molecule has 0 aliphatic rings. The summed E-state index contributed by atoms with van der Waals surface area (Å²) in [6.45, 7) is 6.35. The molecule has 5 nitrogen and oxygen atoms in total. The maximum absolute atomic E-state index is 4.36. The number of aromatic nitrogens is 4. The third-order valence-corrected chi connectivity index (χ3v) is 3.62. The van der Waals surface area contributed by atoms with E-state index in [4.69, 9.17) is 0 Å². The fraction of sp³-hybridized carbons (Fsp3) is 0.308. The lowest BCUT2D eigenvalue weighted by Crippen LogP contribution is -2.21. The van der Waals surface area contributed by atoms with Gasteiger partial charge in [-0.1, -0.05) is 0 Å². The second-order valence-corrected chi connectivity index (χ2v) is 6.23. The van der Waals surface area contributed by atoms with Gasteiger partial charge in [-0.25, -0.2) is 9.97 Å². The molecule has 19 heavy (non-hydrogen) atoms. The molecule has 0 atom stereocenters. The third-order valence-electron chi connectivity index (χ3n) is 2.79. The molecule has 0 aliphatic heterocycles. The number of fused-ring (bicyclic) bond motifs is 1. The van der Waals surface area contributed by atoms with Crippen molar-refractivity contribution in [3.8, 4) is 0 Å². The van der Waals surface area contributed by atoms with Gasteiger partial charge in [0, 0.05) is 6.20 Å². The first-order valence-corrected chi connectivity index (χ1v) is 6.92. The van der Waals surface area contributed by atoms with E-state index >= 15 is 0 Å². The molecule has 0 fully saturated rings. The predicted molar refractivity (Wildman–Crippen MR) is 77.9 cm³/mol. The first-order valence-electron chi connectivity index (χ1n) is 6.04. The molecule has 0 aromatic carbocycles. The molecule has 3 aromatic rings. The van der Waals surface area contributed by atoms with Gasteiger partial charge >= 0.3 is 0 Å². The highest BCUT2D eigenvalue weighted by molar-refractivity contribution is 7.16. The standard InChI is InChI=1S/C13H15N5S/c1-13(2,3)18-7-9(6-16-18)17-11-10-4-5-19-12(10)15-8-14-11/h4-8H,1-3H3,(H,14,15,17). The van der Waals surface area contributed by atoms with Gasteiger partial charge in [-0.3, -0.25) is 4.68 Å². The van der Waals surface area contributed by atoms with E-state index in [1.54, 1.807) is 17.7 Å². The second-order valence-electron chi connectivity index (χ2n) is 5.33. The van der Waals surface area contributed by atoms with Crippen molar-refractivity contribution in [1.82, 2.24) is 19.7 Å². The zero-order chi connectivity index (χ0) is 13.5. The Morgan fingerprint density at radius 2 is 2.11 bits per heavy atom. The van der Waals surface area contributed by atoms with Crippen LogP contribution in [0, 0.1) is 0 Å². The summed E-state index contributed by atoms with van der Waals surface area (Å²) >= 11 is 1.61. The van der Waals surface area contributed by atoms with E-state index in [9.17, 15) is 0 Å². The SMILES string of the molecule is CC(C)(C)n1cc(Nc2ncnc3sccc23)cn1. The minimum atomic E-state index is -0.0245. The molecule has 3 rings (SSSR count). The molecule has 0 spiro atoms. The highest BCUT2D eigenvalue weighted by Crippen LogP contribution is 2.26. The molecule has 98 valence electrons. The minimum absolute atomic E-state index is 0.0245. The van der Waals surface area contributed by atoms with Crippen LogP contribution >= 0.6 is 11.3 Å². The number of nitrogens with zero attached hydrogens (tertiary/aromatic N) is 4. The largest absolute Gasteiger partial charge is 0.337 e. The lowest BCUT2D eigenvalue weighted by Gasteiger charge is -2.18. The number of rotatable bonds is 2. The van der Waals surface area contributed by atoms with Crippen LogP contribution in [0.4, 0.5) is 11.5 Å². The van der Waals surface area contributed by atoms with Crippen molar-refractivity contribution < 1.29 is 0 Å². The van der Waals surface area contributed by atoms with E-state index in [0.717, 1.165) is 21.7 Å². The normalized spacial score (nSPS) is 11.9. The minimum Gasteiger partial charge on any atom is -0.337 e.